The van der Waals surface area contributed by atoms with Gasteiger partial charge in [0.05, 0.1) is 6.26 Å². The van der Waals surface area contributed by atoms with Crippen LogP contribution < -0.4 is 5.32 Å². The largest absolute Gasteiger partial charge is 0.352 e. The Kier molecular flexibility index (Phi) is 6.73. The summed E-state index contributed by atoms with van der Waals surface area (Å²) in [4.78, 5) is 12.2. The number of benzene rings is 2. The van der Waals surface area contributed by atoms with Gasteiger partial charge in [0, 0.05) is 25.2 Å². The fraction of sp³-hybridized carbons (Fsp3) is 0.316. The summed E-state index contributed by atoms with van der Waals surface area (Å²) in [7, 11) is -3.18. The van der Waals surface area contributed by atoms with Gasteiger partial charge in [0.1, 0.15) is 0 Å². The molecule has 0 atom stereocenters. The molecule has 134 valence electrons. The minimum absolute atomic E-state index is 0.151. The van der Waals surface area contributed by atoms with Gasteiger partial charge in [-0.15, -0.1) is 0 Å². The first-order valence-electron chi connectivity index (χ1n) is 8.30. The molecule has 0 aliphatic carbocycles. The molecule has 0 aliphatic heterocycles. The third-order valence-electron chi connectivity index (χ3n) is 3.95. The van der Waals surface area contributed by atoms with Crippen LogP contribution in [0.5, 0.6) is 0 Å². The molecule has 2 rings (SSSR count). The van der Waals surface area contributed by atoms with E-state index in [0.29, 0.717) is 31.6 Å². The smallest absolute Gasteiger partial charge is 0.251 e. The van der Waals surface area contributed by atoms with Crippen LogP contribution in [-0.4, -0.2) is 44.5 Å². The van der Waals surface area contributed by atoms with Gasteiger partial charge in [-0.3, -0.25) is 4.79 Å². The number of sulfonamides is 1. The lowest BCUT2D eigenvalue weighted by atomic mass is 10.0. The van der Waals surface area contributed by atoms with E-state index in [2.05, 4.69) is 5.32 Å². The zero-order valence-corrected chi connectivity index (χ0v) is 15.4. The van der Waals surface area contributed by atoms with Crippen molar-refractivity contribution in [3.05, 3.63) is 60.2 Å². The highest BCUT2D eigenvalue weighted by Crippen LogP contribution is 2.19. The van der Waals surface area contributed by atoms with Crippen LogP contribution in [0.15, 0.2) is 54.6 Å². The molecule has 0 unspecified atom stereocenters. The molecule has 0 spiro atoms. The minimum Gasteiger partial charge on any atom is -0.352 e. The Labute approximate surface area is 149 Å². The Balaban J connectivity index is 1.85. The minimum atomic E-state index is -3.18. The Bertz CT molecular complexity index is 787. The lowest BCUT2D eigenvalue weighted by Crippen LogP contribution is -2.33. The molecule has 0 aromatic heterocycles. The summed E-state index contributed by atoms with van der Waals surface area (Å²) in [6.07, 6.45) is 1.78. The number of rotatable bonds is 8. The second-order valence-corrected chi connectivity index (χ2v) is 7.79. The van der Waals surface area contributed by atoms with Gasteiger partial charge in [0.25, 0.3) is 5.91 Å². The van der Waals surface area contributed by atoms with E-state index >= 15 is 0 Å². The highest BCUT2D eigenvalue weighted by Gasteiger charge is 2.13. The fourth-order valence-electron chi connectivity index (χ4n) is 2.56. The molecular formula is C19H24N2O3S. The highest BCUT2D eigenvalue weighted by atomic mass is 32.2. The van der Waals surface area contributed by atoms with E-state index in [1.165, 1.54) is 10.6 Å². The second-order valence-electron chi connectivity index (χ2n) is 5.81. The summed E-state index contributed by atoms with van der Waals surface area (Å²) in [6, 6.07) is 17.4. The monoisotopic (exact) mass is 360 g/mol. The normalized spacial score (nSPS) is 11.5. The first-order chi connectivity index (χ1) is 11.9. The molecule has 0 fully saturated rings. The average molecular weight is 360 g/mol. The van der Waals surface area contributed by atoms with Crippen LogP contribution in [0.3, 0.4) is 0 Å². The first-order valence-corrected chi connectivity index (χ1v) is 10.2. The van der Waals surface area contributed by atoms with Gasteiger partial charge in [-0.25, -0.2) is 12.7 Å². The Morgan fingerprint density at radius 2 is 1.60 bits per heavy atom. The van der Waals surface area contributed by atoms with E-state index in [1.54, 1.807) is 19.1 Å². The van der Waals surface area contributed by atoms with Gasteiger partial charge in [-0.1, -0.05) is 49.4 Å². The maximum absolute atomic E-state index is 12.2. The molecule has 0 saturated heterocycles. The molecule has 0 bridgehead atoms. The molecule has 2 aromatic carbocycles. The van der Waals surface area contributed by atoms with Crippen LogP contribution in [0, 0.1) is 0 Å². The second kappa shape index (κ2) is 8.78. The van der Waals surface area contributed by atoms with Crippen LogP contribution in [0.2, 0.25) is 0 Å². The summed E-state index contributed by atoms with van der Waals surface area (Å²) in [5.41, 5.74) is 2.76. The Morgan fingerprint density at radius 3 is 2.16 bits per heavy atom. The number of carbonyl (C=O) groups is 1. The van der Waals surface area contributed by atoms with E-state index < -0.39 is 10.0 Å². The Morgan fingerprint density at radius 1 is 1.00 bits per heavy atom. The number of carbonyl (C=O) groups excluding carboxylic acids is 1. The predicted octanol–water partition coefficient (Wildman–Crippen LogP) is 2.76. The molecule has 1 N–H and O–H groups in total. The molecule has 6 heteroatoms. The number of nitrogens with one attached hydrogen (secondary N) is 1. The maximum Gasteiger partial charge on any atom is 0.251 e. The van der Waals surface area contributed by atoms with E-state index in [9.17, 15) is 13.2 Å². The number of amides is 1. The molecule has 0 saturated carbocycles. The Hall–Kier alpha value is -2.18. The quantitative estimate of drug-likeness (QED) is 0.736. The van der Waals surface area contributed by atoms with Crippen molar-refractivity contribution in [2.24, 2.45) is 0 Å². The van der Waals surface area contributed by atoms with Gasteiger partial charge in [-0.2, -0.15) is 0 Å². The number of hydrogen-bond acceptors (Lipinski definition) is 3. The van der Waals surface area contributed by atoms with Gasteiger partial charge in [0.2, 0.25) is 10.0 Å². The van der Waals surface area contributed by atoms with E-state index in [1.807, 2.05) is 42.5 Å². The molecule has 0 heterocycles. The number of hydrogen-bond donors (Lipinski definition) is 1. The third-order valence-corrected chi connectivity index (χ3v) is 5.32. The topological polar surface area (TPSA) is 66.5 Å². The molecule has 0 aliphatic rings. The van der Waals surface area contributed by atoms with Gasteiger partial charge in [-0.05, 0) is 29.7 Å². The zero-order chi connectivity index (χ0) is 18.3. The molecule has 2 aromatic rings. The average Bonchev–Trinajstić information content (AvgIpc) is 2.61. The van der Waals surface area contributed by atoms with Crippen molar-refractivity contribution >= 4 is 15.9 Å². The number of nitrogens with zero attached hydrogens (tertiary/aromatic N) is 1. The van der Waals surface area contributed by atoms with Crippen molar-refractivity contribution in [2.75, 3.05) is 25.9 Å². The summed E-state index contributed by atoms with van der Waals surface area (Å²) in [6.45, 7) is 3.08. The zero-order valence-electron chi connectivity index (χ0n) is 14.6. The summed E-state index contributed by atoms with van der Waals surface area (Å²) in [5, 5.41) is 2.83. The van der Waals surface area contributed by atoms with Gasteiger partial charge < -0.3 is 5.32 Å². The van der Waals surface area contributed by atoms with Crippen LogP contribution >= 0.6 is 0 Å². The first kappa shape index (κ1) is 19.1. The van der Waals surface area contributed by atoms with Gasteiger partial charge >= 0.3 is 0 Å². The van der Waals surface area contributed by atoms with Crippen molar-refractivity contribution < 1.29 is 13.2 Å². The molecule has 0 radical (unpaired) electrons. The SMILES string of the molecule is CCN(CCCNC(=O)c1ccc(-c2ccccc2)cc1)S(C)(=O)=O. The van der Waals surface area contributed by atoms with Crippen molar-refractivity contribution in [3.63, 3.8) is 0 Å². The van der Waals surface area contributed by atoms with Crippen molar-refractivity contribution in [1.82, 2.24) is 9.62 Å². The van der Waals surface area contributed by atoms with Crippen molar-refractivity contribution in [3.8, 4) is 11.1 Å². The van der Waals surface area contributed by atoms with Crippen LogP contribution in [-0.2, 0) is 10.0 Å². The standard InChI is InChI=1S/C19H24N2O3S/c1-3-21(25(2,23)24)15-7-14-20-19(22)18-12-10-17(11-13-18)16-8-5-4-6-9-16/h4-6,8-13H,3,7,14-15H2,1-2H3,(H,20,22). The third kappa shape index (κ3) is 5.69. The molecule has 25 heavy (non-hydrogen) atoms. The fourth-order valence-corrected chi connectivity index (χ4v) is 3.49. The highest BCUT2D eigenvalue weighted by molar-refractivity contribution is 7.88. The van der Waals surface area contributed by atoms with Crippen molar-refractivity contribution in [2.45, 2.75) is 13.3 Å². The van der Waals surface area contributed by atoms with Crippen molar-refractivity contribution in [1.29, 1.82) is 0 Å². The van der Waals surface area contributed by atoms with E-state index in [-0.39, 0.29) is 5.91 Å². The summed E-state index contributed by atoms with van der Waals surface area (Å²) >= 11 is 0. The summed E-state index contributed by atoms with van der Waals surface area (Å²) < 4.78 is 24.4. The van der Waals surface area contributed by atoms with Crippen LogP contribution in [0.4, 0.5) is 0 Å². The summed E-state index contributed by atoms with van der Waals surface area (Å²) in [5.74, 6) is -0.151. The van der Waals surface area contributed by atoms with Gasteiger partial charge in [0.15, 0.2) is 0 Å². The van der Waals surface area contributed by atoms with Crippen LogP contribution in [0.25, 0.3) is 11.1 Å². The molecule has 1 amide bonds. The lowest BCUT2D eigenvalue weighted by Gasteiger charge is -2.17. The molecular weight excluding hydrogens is 336 g/mol. The van der Waals surface area contributed by atoms with E-state index in [0.717, 1.165) is 11.1 Å². The molecule has 5 nitrogen and oxygen atoms in total. The predicted molar refractivity (Wildman–Crippen MR) is 101 cm³/mol. The van der Waals surface area contributed by atoms with Crippen LogP contribution in [0.1, 0.15) is 23.7 Å². The maximum atomic E-state index is 12.2. The lowest BCUT2D eigenvalue weighted by molar-refractivity contribution is 0.0953. The van der Waals surface area contributed by atoms with E-state index in [4.69, 9.17) is 0 Å².